The van der Waals surface area contributed by atoms with E-state index in [-0.39, 0.29) is 5.91 Å². The lowest BCUT2D eigenvalue weighted by molar-refractivity contribution is -0.124. The fraction of sp³-hybridized carbons (Fsp3) is 0.385. The van der Waals surface area contributed by atoms with Crippen LogP contribution in [0.15, 0.2) is 59.7 Å². The Bertz CT molecular complexity index is 1030. The van der Waals surface area contributed by atoms with E-state index < -0.39 is 5.41 Å². The Morgan fingerprint density at radius 1 is 1.06 bits per heavy atom. The molecule has 0 bridgehead atoms. The zero-order valence-electron chi connectivity index (χ0n) is 18.6. The second kappa shape index (κ2) is 8.79. The summed E-state index contributed by atoms with van der Waals surface area (Å²) in [5, 5.41) is 6.45. The number of rotatable bonds is 5. The molecule has 0 spiro atoms. The fourth-order valence-electron chi connectivity index (χ4n) is 4.67. The predicted molar refractivity (Wildman–Crippen MR) is 129 cm³/mol. The highest BCUT2D eigenvalue weighted by atomic mass is 16.5. The number of carbonyl (C=O) groups excluding carboxylic acids is 1. The molecule has 0 unspecified atom stereocenters. The molecule has 1 amide bonds. The van der Waals surface area contributed by atoms with Gasteiger partial charge in [-0.3, -0.25) is 4.79 Å². The summed E-state index contributed by atoms with van der Waals surface area (Å²) < 4.78 is 5.43. The minimum absolute atomic E-state index is 0.0920. The molecule has 6 heteroatoms. The number of nitrogens with one attached hydrogen (secondary N) is 2. The Kier molecular flexibility index (Phi) is 5.70. The monoisotopic (exact) mass is 430 g/mol. The van der Waals surface area contributed by atoms with Gasteiger partial charge in [0.15, 0.2) is 0 Å². The summed E-state index contributed by atoms with van der Waals surface area (Å²) >= 11 is 0. The average molecular weight is 431 g/mol. The molecule has 2 N–H and O–H groups in total. The van der Waals surface area contributed by atoms with Crippen molar-refractivity contribution in [1.29, 1.82) is 0 Å². The first-order valence-corrected chi connectivity index (χ1v) is 11.5. The summed E-state index contributed by atoms with van der Waals surface area (Å²) in [6.45, 7) is 6.08. The van der Waals surface area contributed by atoms with Gasteiger partial charge in [0.25, 0.3) is 0 Å². The molecular weight excluding hydrogens is 400 g/mol. The van der Waals surface area contributed by atoms with Crippen molar-refractivity contribution in [3.8, 4) is 0 Å². The van der Waals surface area contributed by atoms with E-state index in [1.54, 1.807) is 0 Å². The minimum atomic E-state index is -0.435. The SMILES string of the molecule is CC1=NC=C(c2ccc(C3(C(=O)Nc4ccc(N5CCOCC5)cc4)CCC3)cc2)CN1. The van der Waals surface area contributed by atoms with E-state index in [9.17, 15) is 4.79 Å². The molecule has 2 fully saturated rings. The van der Waals surface area contributed by atoms with Crippen LogP contribution in [-0.2, 0) is 14.9 Å². The lowest BCUT2D eigenvalue weighted by atomic mass is 9.63. The molecule has 1 saturated carbocycles. The average Bonchev–Trinajstić information content (AvgIpc) is 2.80. The summed E-state index contributed by atoms with van der Waals surface area (Å²) in [6.07, 6.45) is 4.77. The van der Waals surface area contributed by atoms with Gasteiger partial charge in [-0.1, -0.05) is 30.7 Å². The molecule has 3 aliphatic rings. The molecule has 6 nitrogen and oxygen atoms in total. The summed E-state index contributed by atoms with van der Waals surface area (Å²) in [4.78, 5) is 20.0. The largest absolute Gasteiger partial charge is 0.378 e. The van der Waals surface area contributed by atoms with Gasteiger partial charge in [0.05, 0.1) is 24.5 Å². The lowest BCUT2D eigenvalue weighted by Gasteiger charge is -2.41. The number of hydrogen-bond donors (Lipinski definition) is 2. The van der Waals surface area contributed by atoms with Gasteiger partial charge in [0.2, 0.25) is 5.91 Å². The van der Waals surface area contributed by atoms with Crippen molar-refractivity contribution in [2.75, 3.05) is 43.1 Å². The van der Waals surface area contributed by atoms with Crippen molar-refractivity contribution < 1.29 is 9.53 Å². The molecular formula is C26H30N4O2. The van der Waals surface area contributed by atoms with Crippen LogP contribution in [0.4, 0.5) is 11.4 Å². The van der Waals surface area contributed by atoms with Crippen molar-refractivity contribution >= 4 is 28.7 Å². The molecule has 2 heterocycles. The third-order valence-corrected chi connectivity index (χ3v) is 6.90. The Balaban J connectivity index is 1.29. The number of hydrogen-bond acceptors (Lipinski definition) is 5. The Morgan fingerprint density at radius 3 is 2.38 bits per heavy atom. The molecule has 2 aromatic rings. The topological polar surface area (TPSA) is 66.0 Å². The smallest absolute Gasteiger partial charge is 0.235 e. The minimum Gasteiger partial charge on any atom is -0.378 e. The van der Waals surface area contributed by atoms with Gasteiger partial charge in [-0.05, 0) is 60.7 Å². The molecule has 32 heavy (non-hydrogen) atoms. The molecule has 0 aromatic heterocycles. The summed E-state index contributed by atoms with van der Waals surface area (Å²) in [5.74, 6) is 1.03. The van der Waals surface area contributed by atoms with Gasteiger partial charge < -0.3 is 20.3 Å². The van der Waals surface area contributed by atoms with Crippen molar-refractivity contribution in [1.82, 2.24) is 5.32 Å². The highest BCUT2D eigenvalue weighted by Crippen LogP contribution is 2.45. The number of ether oxygens (including phenoxy) is 1. The Hall–Kier alpha value is -3.12. The molecule has 2 aliphatic heterocycles. The first kappa shape index (κ1) is 20.8. The predicted octanol–water partition coefficient (Wildman–Crippen LogP) is 3.95. The lowest BCUT2D eigenvalue weighted by Crippen LogP contribution is -2.46. The number of aliphatic imine (C=N–C) groups is 1. The second-order valence-corrected chi connectivity index (χ2v) is 8.84. The van der Waals surface area contributed by atoms with E-state index in [0.29, 0.717) is 0 Å². The van der Waals surface area contributed by atoms with Crippen LogP contribution in [0.5, 0.6) is 0 Å². The van der Waals surface area contributed by atoms with Crippen LogP contribution < -0.4 is 15.5 Å². The van der Waals surface area contributed by atoms with E-state index in [2.05, 4.69) is 56.9 Å². The van der Waals surface area contributed by atoms with Crippen LogP contribution in [0.1, 0.15) is 37.3 Å². The van der Waals surface area contributed by atoms with Gasteiger partial charge in [-0.25, -0.2) is 4.99 Å². The van der Waals surface area contributed by atoms with Crippen molar-refractivity contribution in [2.45, 2.75) is 31.6 Å². The van der Waals surface area contributed by atoms with Gasteiger partial charge in [0.1, 0.15) is 0 Å². The number of nitrogens with zero attached hydrogens (tertiary/aromatic N) is 2. The summed E-state index contributed by atoms with van der Waals surface area (Å²) in [7, 11) is 0. The summed E-state index contributed by atoms with van der Waals surface area (Å²) in [5.41, 5.74) is 4.99. The third-order valence-electron chi connectivity index (χ3n) is 6.90. The third kappa shape index (κ3) is 4.02. The zero-order chi connectivity index (χ0) is 22.0. The van der Waals surface area contributed by atoms with Crippen LogP contribution in [0.25, 0.3) is 5.57 Å². The number of amides is 1. The van der Waals surface area contributed by atoms with E-state index in [1.165, 1.54) is 5.69 Å². The standard InChI is InChI=1S/C26H30N4O2/c1-19-27-17-21(18-28-19)20-3-5-22(6-4-20)26(11-2-12-26)25(31)29-23-7-9-24(10-8-23)30-13-15-32-16-14-30/h3-10,17H,2,11-16,18H2,1H3,(H,27,28)(H,29,31). The van der Waals surface area contributed by atoms with E-state index in [1.807, 2.05) is 25.3 Å². The molecule has 5 rings (SSSR count). The maximum absolute atomic E-state index is 13.3. The quantitative estimate of drug-likeness (QED) is 0.754. The maximum Gasteiger partial charge on any atom is 0.235 e. The number of anilines is 2. The van der Waals surface area contributed by atoms with Crippen LogP contribution in [-0.4, -0.2) is 44.6 Å². The molecule has 166 valence electrons. The van der Waals surface area contributed by atoms with E-state index in [4.69, 9.17) is 4.74 Å². The molecule has 2 aromatic carbocycles. The number of amidine groups is 1. The van der Waals surface area contributed by atoms with Gasteiger partial charge in [-0.15, -0.1) is 0 Å². The van der Waals surface area contributed by atoms with Crippen LogP contribution in [0.3, 0.4) is 0 Å². The molecule has 1 aliphatic carbocycles. The van der Waals surface area contributed by atoms with Crippen LogP contribution >= 0.6 is 0 Å². The Morgan fingerprint density at radius 2 is 1.78 bits per heavy atom. The second-order valence-electron chi connectivity index (χ2n) is 8.84. The first-order valence-electron chi connectivity index (χ1n) is 11.5. The summed E-state index contributed by atoms with van der Waals surface area (Å²) in [6, 6.07) is 16.6. The highest BCUT2D eigenvalue weighted by molar-refractivity contribution is 6.00. The van der Waals surface area contributed by atoms with Crippen molar-refractivity contribution in [2.24, 2.45) is 4.99 Å². The van der Waals surface area contributed by atoms with Gasteiger partial charge in [-0.2, -0.15) is 0 Å². The van der Waals surface area contributed by atoms with Crippen LogP contribution in [0, 0.1) is 0 Å². The van der Waals surface area contributed by atoms with Crippen molar-refractivity contribution in [3.05, 3.63) is 65.9 Å². The van der Waals surface area contributed by atoms with Crippen LogP contribution in [0.2, 0.25) is 0 Å². The van der Waals surface area contributed by atoms with Crippen molar-refractivity contribution in [3.63, 3.8) is 0 Å². The van der Waals surface area contributed by atoms with E-state index >= 15 is 0 Å². The molecule has 1 saturated heterocycles. The number of carbonyl (C=O) groups is 1. The zero-order valence-corrected chi connectivity index (χ0v) is 18.6. The normalized spacial score (nSPS) is 19.8. The fourth-order valence-corrected chi connectivity index (χ4v) is 4.67. The Labute approximate surface area is 189 Å². The van der Waals surface area contributed by atoms with E-state index in [0.717, 1.165) is 80.3 Å². The highest BCUT2D eigenvalue weighted by Gasteiger charge is 2.45. The molecule has 0 radical (unpaired) electrons. The van der Waals surface area contributed by atoms with Gasteiger partial charge in [0, 0.05) is 37.2 Å². The number of benzene rings is 2. The maximum atomic E-state index is 13.3. The first-order chi connectivity index (χ1) is 15.6. The molecule has 0 atom stereocenters. The van der Waals surface area contributed by atoms with Gasteiger partial charge >= 0.3 is 0 Å². The number of morpholine rings is 1.